The van der Waals surface area contributed by atoms with E-state index in [1.807, 2.05) is 0 Å². The van der Waals surface area contributed by atoms with Crippen LogP contribution in [0.2, 0.25) is 0 Å². The van der Waals surface area contributed by atoms with Gasteiger partial charge in [-0.3, -0.25) is 9.59 Å². The molecule has 0 aliphatic heterocycles. The van der Waals surface area contributed by atoms with Crippen LogP contribution in [0.15, 0.2) is 12.3 Å². The summed E-state index contributed by atoms with van der Waals surface area (Å²) in [5, 5.41) is 2.71. The third-order valence-corrected chi connectivity index (χ3v) is 2.18. The van der Waals surface area contributed by atoms with Gasteiger partial charge in [0.1, 0.15) is 5.69 Å². The van der Waals surface area contributed by atoms with Crippen molar-refractivity contribution in [2.24, 2.45) is 5.41 Å². The minimum atomic E-state index is -0.518. The Bertz CT molecular complexity index is 436. The molecule has 1 aromatic heterocycles. The summed E-state index contributed by atoms with van der Waals surface area (Å²) in [5.41, 5.74) is 0.0963. The Hall–Kier alpha value is -1.91. The third kappa shape index (κ3) is 3.03. The molecule has 1 aromatic rings. The zero-order chi connectivity index (χ0) is 13.1. The largest absolute Gasteiger partial charge is 0.492 e. The highest BCUT2D eigenvalue weighted by atomic mass is 16.5. The molecule has 17 heavy (non-hydrogen) atoms. The van der Waals surface area contributed by atoms with Crippen molar-refractivity contribution < 1.29 is 14.3 Å². The summed E-state index contributed by atoms with van der Waals surface area (Å²) in [7, 11) is 1.43. The van der Waals surface area contributed by atoms with Crippen molar-refractivity contribution in [2.45, 2.75) is 20.8 Å². The van der Waals surface area contributed by atoms with Crippen LogP contribution in [0.25, 0.3) is 0 Å². The SMILES string of the molecule is COc1c(NC(=O)C(C)(C)C)ccnc1C=O. The second-order valence-corrected chi connectivity index (χ2v) is 4.60. The number of carbonyl (C=O) groups excluding carboxylic acids is 2. The van der Waals surface area contributed by atoms with Gasteiger partial charge in [0.25, 0.3) is 0 Å². The van der Waals surface area contributed by atoms with Gasteiger partial charge in [0.2, 0.25) is 5.91 Å². The van der Waals surface area contributed by atoms with Crippen LogP contribution in [0.3, 0.4) is 0 Å². The molecule has 1 amide bonds. The number of nitrogens with zero attached hydrogens (tertiary/aromatic N) is 1. The summed E-state index contributed by atoms with van der Waals surface area (Å²) >= 11 is 0. The van der Waals surface area contributed by atoms with Crippen LogP contribution in [0.5, 0.6) is 5.75 Å². The smallest absolute Gasteiger partial charge is 0.229 e. The summed E-state index contributed by atoms with van der Waals surface area (Å²) in [6.07, 6.45) is 2.04. The standard InChI is InChI=1S/C12H16N2O3/c1-12(2,3)11(16)14-8-5-6-13-9(7-15)10(8)17-4/h5-7H,1-4H3,(H,13,14,16). The number of amides is 1. The number of aldehydes is 1. The highest BCUT2D eigenvalue weighted by molar-refractivity contribution is 5.97. The highest BCUT2D eigenvalue weighted by Gasteiger charge is 2.23. The predicted octanol–water partition coefficient (Wildman–Crippen LogP) is 1.89. The Kier molecular flexibility index (Phi) is 3.83. The maximum absolute atomic E-state index is 11.8. The van der Waals surface area contributed by atoms with Crippen LogP contribution in [0, 0.1) is 5.41 Å². The van der Waals surface area contributed by atoms with E-state index >= 15 is 0 Å². The molecule has 5 nitrogen and oxygen atoms in total. The second-order valence-electron chi connectivity index (χ2n) is 4.60. The second kappa shape index (κ2) is 4.95. The fourth-order valence-corrected chi connectivity index (χ4v) is 1.17. The van der Waals surface area contributed by atoms with E-state index in [-0.39, 0.29) is 17.4 Å². The van der Waals surface area contributed by atoms with Gasteiger partial charge in [-0.25, -0.2) is 4.98 Å². The summed E-state index contributed by atoms with van der Waals surface area (Å²) in [5.74, 6) is 0.124. The lowest BCUT2D eigenvalue weighted by atomic mass is 9.95. The van der Waals surface area contributed by atoms with Crippen LogP contribution in [-0.4, -0.2) is 24.3 Å². The zero-order valence-corrected chi connectivity index (χ0v) is 10.4. The molecule has 0 aliphatic rings. The molecule has 0 fully saturated rings. The van der Waals surface area contributed by atoms with E-state index in [9.17, 15) is 9.59 Å². The molecule has 0 unspecified atom stereocenters. The minimum absolute atomic E-state index is 0.154. The maximum atomic E-state index is 11.8. The summed E-state index contributed by atoms with van der Waals surface area (Å²) in [6.45, 7) is 5.41. The Labute approximate surface area is 100 Å². The first-order valence-electron chi connectivity index (χ1n) is 5.19. The van der Waals surface area contributed by atoms with Crippen LogP contribution in [0.1, 0.15) is 31.3 Å². The first-order valence-corrected chi connectivity index (χ1v) is 5.19. The molecule has 0 saturated heterocycles. The Balaban J connectivity index is 3.07. The maximum Gasteiger partial charge on any atom is 0.229 e. The average molecular weight is 236 g/mol. The van der Waals surface area contributed by atoms with E-state index in [1.54, 1.807) is 26.8 Å². The van der Waals surface area contributed by atoms with Crippen molar-refractivity contribution in [3.63, 3.8) is 0 Å². The number of anilines is 1. The molecular formula is C12H16N2O3. The molecule has 5 heteroatoms. The first-order chi connectivity index (χ1) is 7.90. The molecule has 0 aliphatic carbocycles. The molecule has 1 heterocycles. The molecule has 0 spiro atoms. The lowest BCUT2D eigenvalue weighted by Crippen LogP contribution is -2.28. The van der Waals surface area contributed by atoms with Crippen LogP contribution < -0.4 is 10.1 Å². The number of methoxy groups -OCH3 is 1. The van der Waals surface area contributed by atoms with Crippen molar-refractivity contribution in [2.75, 3.05) is 12.4 Å². The Morgan fingerprint density at radius 3 is 2.59 bits per heavy atom. The van der Waals surface area contributed by atoms with Crippen LogP contribution >= 0.6 is 0 Å². The monoisotopic (exact) mass is 236 g/mol. The van der Waals surface area contributed by atoms with Gasteiger partial charge in [-0.05, 0) is 6.07 Å². The Morgan fingerprint density at radius 1 is 1.47 bits per heavy atom. The van der Waals surface area contributed by atoms with Crippen molar-refractivity contribution >= 4 is 17.9 Å². The van der Waals surface area contributed by atoms with E-state index in [4.69, 9.17) is 4.74 Å². The van der Waals surface area contributed by atoms with Crippen molar-refractivity contribution in [3.8, 4) is 5.75 Å². The zero-order valence-electron chi connectivity index (χ0n) is 10.4. The predicted molar refractivity (Wildman–Crippen MR) is 64.3 cm³/mol. The third-order valence-electron chi connectivity index (χ3n) is 2.18. The van der Waals surface area contributed by atoms with Gasteiger partial charge in [-0.2, -0.15) is 0 Å². The van der Waals surface area contributed by atoms with Gasteiger partial charge in [-0.1, -0.05) is 20.8 Å². The number of hydrogen-bond acceptors (Lipinski definition) is 4. The summed E-state index contributed by atoms with van der Waals surface area (Å²) in [4.78, 5) is 26.4. The fourth-order valence-electron chi connectivity index (χ4n) is 1.17. The van der Waals surface area contributed by atoms with Crippen LogP contribution in [0.4, 0.5) is 5.69 Å². The van der Waals surface area contributed by atoms with E-state index in [0.717, 1.165) is 0 Å². The lowest BCUT2D eigenvalue weighted by molar-refractivity contribution is -0.123. The van der Waals surface area contributed by atoms with Crippen molar-refractivity contribution in [1.29, 1.82) is 0 Å². The van der Waals surface area contributed by atoms with E-state index in [0.29, 0.717) is 12.0 Å². The summed E-state index contributed by atoms with van der Waals surface area (Å²) in [6, 6.07) is 1.59. The molecule has 0 radical (unpaired) electrons. The molecule has 0 saturated carbocycles. The number of nitrogens with one attached hydrogen (secondary N) is 1. The molecule has 0 bridgehead atoms. The first kappa shape index (κ1) is 13.2. The highest BCUT2D eigenvalue weighted by Crippen LogP contribution is 2.27. The van der Waals surface area contributed by atoms with E-state index in [1.165, 1.54) is 13.3 Å². The number of carbonyl (C=O) groups is 2. The number of hydrogen-bond donors (Lipinski definition) is 1. The lowest BCUT2D eigenvalue weighted by Gasteiger charge is -2.19. The quantitative estimate of drug-likeness (QED) is 0.814. The van der Waals surface area contributed by atoms with Crippen LogP contribution in [-0.2, 0) is 4.79 Å². The normalized spacial score (nSPS) is 10.8. The van der Waals surface area contributed by atoms with E-state index in [2.05, 4.69) is 10.3 Å². The number of aromatic nitrogens is 1. The topological polar surface area (TPSA) is 68.3 Å². The minimum Gasteiger partial charge on any atom is -0.492 e. The molecular weight excluding hydrogens is 220 g/mol. The Morgan fingerprint density at radius 2 is 2.12 bits per heavy atom. The summed E-state index contributed by atoms with van der Waals surface area (Å²) < 4.78 is 5.07. The van der Waals surface area contributed by atoms with Gasteiger partial charge < -0.3 is 10.1 Å². The molecule has 0 aromatic carbocycles. The number of ether oxygens (including phenoxy) is 1. The van der Waals surface area contributed by atoms with Crippen molar-refractivity contribution in [3.05, 3.63) is 18.0 Å². The van der Waals surface area contributed by atoms with Gasteiger partial charge in [0.15, 0.2) is 12.0 Å². The average Bonchev–Trinajstić information content (AvgIpc) is 2.27. The number of rotatable bonds is 3. The molecule has 0 atom stereocenters. The fraction of sp³-hybridized carbons (Fsp3) is 0.417. The van der Waals surface area contributed by atoms with Crippen molar-refractivity contribution in [1.82, 2.24) is 4.98 Å². The van der Waals surface area contributed by atoms with Gasteiger partial charge in [0, 0.05) is 11.6 Å². The molecule has 1 rings (SSSR count). The van der Waals surface area contributed by atoms with Gasteiger partial charge in [-0.15, -0.1) is 0 Å². The number of pyridine rings is 1. The molecule has 1 N–H and O–H groups in total. The van der Waals surface area contributed by atoms with Gasteiger partial charge in [0.05, 0.1) is 12.8 Å². The molecule has 92 valence electrons. The van der Waals surface area contributed by atoms with Gasteiger partial charge >= 0.3 is 0 Å². The van der Waals surface area contributed by atoms with E-state index < -0.39 is 5.41 Å².